The Balaban J connectivity index is 1.66. The molecule has 25 heavy (non-hydrogen) atoms. The van der Waals surface area contributed by atoms with Crippen molar-refractivity contribution in [2.45, 2.75) is 19.4 Å². The largest absolute Gasteiger partial charge is 0.369 e. The molecule has 1 aliphatic rings. The van der Waals surface area contributed by atoms with Gasteiger partial charge in [-0.2, -0.15) is 0 Å². The molecule has 7 heteroatoms. The summed E-state index contributed by atoms with van der Waals surface area (Å²) in [6.45, 7) is 1.97. The number of carbonyl (C=O) groups is 1. The average Bonchev–Trinajstić information content (AvgIpc) is 2.95. The monoisotopic (exact) mass is 359 g/mol. The van der Waals surface area contributed by atoms with Crippen LogP contribution < -0.4 is 10.2 Å². The smallest absolute Gasteiger partial charge is 0.256 e. The van der Waals surface area contributed by atoms with Crippen molar-refractivity contribution in [2.75, 3.05) is 28.8 Å². The highest BCUT2D eigenvalue weighted by molar-refractivity contribution is 7.91. The topological polar surface area (TPSA) is 79.4 Å². The summed E-state index contributed by atoms with van der Waals surface area (Å²) in [7, 11) is -1.06. The minimum Gasteiger partial charge on any atom is -0.369 e. The molecule has 3 rings (SSSR count). The third kappa shape index (κ3) is 4.17. The summed E-state index contributed by atoms with van der Waals surface area (Å²) in [4.78, 5) is 18.4. The van der Waals surface area contributed by atoms with Crippen molar-refractivity contribution < 1.29 is 13.2 Å². The van der Waals surface area contributed by atoms with Crippen LogP contribution in [-0.4, -0.2) is 43.9 Å². The summed E-state index contributed by atoms with van der Waals surface area (Å²) >= 11 is 0. The van der Waals surface area contributed by atoms with Gasteiger partial charge in [-0.25, -0.2) is 13.4 Å². The molecule has 1 N–H and O–H groups in total. The third-order valence-corrected chi connectivity index (χ3v) is 6.22. The van der Waals surface area contributed by atoms with Crippen LogP contribution in [0.25, 0.3) is 0 Å². The summed E-state index contributed by atoms with van der Waals surface area (Å²) in [6.07, 6.45) is 2.28. The molecule has 2 aromatic rings. The summed E-state index contributed by atoms with van der Waals surface area (Å²) in [6, 6.07) is 10.8. The Morgan fingerprint density at radius 3 is 2.48 bits per heavy atom. The van der Waals surface area contributed by atoms with Gasteiger partial charge in [-0.3, -0.25) is 4.79 Å². The quantitative estimate of drug-likeness (QED) is 0.906. The first-order valence-corrected chi connectivity index (χ1v) is 9.93. The molecule has 0 bridgehead atoms. The van der Waals surface area contributed by atoms with Crippen LogP contribution in [0.5, 0.6) is 0 Å². The zero-order valence-electron chi connectivity index (χ0n) is 14.3. The standard InChI is InChI=1S/C18H21N3O3S/c1-13-3-5-14(6-4-13)18(22)20-17-8-7-15(11-19-17)21(2)16-9-10-25(23,24)12-16/h3-8,11,16H,9-10,12H2,1-2H3,(H,19,20,22). The Morgan fingerprint density at radius 1 is 1.20 bits per heavy atom. The Hall–Kier alpha value is -2.41. The molecule has 1 aromatic heterocycles. The van der Waals surface area contributed by atoms with Crippen LogP contribution in [0.4, 0.5) is 11.5 Å². The zero-order chi connectivity index (χ0) is 18.0. The van der Waals surface area contributed by atoms with Crippen molar-refractivity contribution in [1.29, 1.82) is 0 Å². The fraction of sp³-hybridized carbons (Fsp3) is 0.333. The maximum absolute atomic E-state index is 12.2. The van der Waals surface area contributed by atoms with E-state index >= 15 is 0 Å². The first-order valence-electron chi connectivity index (χ1n) is 8.11. The maximum atomic E-state index is 12.2. The predicted molar refractivity (Wildman–Crippen MR) is 98.8 cm³/mol. The van der Waals surface area contributed by atoms with E-state index in [0.717, 1.165) is 11.3 Å². The highest BCUT2D eigenvalue weighted by Gasteiger charge is 2.30. The Morgan fingerprint density at radius 2 is 1.92 bits per heavy atom. The average molecular weight is 359 g/mol. The molecule has 0 aliphatic carbocycles. The number of anilines is 2. The van der Waals surface area contributed by atoms with E-state index in [1.54, 1.807) is 24.4 Å². The van der Waals surface area contributed by atoms with E-state index in [2.05, 4.69) is 10.3 Å². The number of nitrogens with one attached hydrogen (secondary N) is 1. The molecular weight excluding hydrogens is 338 g/mol. The van der Waals surface area contributed by atoms with Gasteiger partial charge in [0.1, 0.15) is 5.82 Å². The van der Waals surface area contributed by atoms with Gasteiger partial charge in [0.15, 0.2) is 9.84 Å². The molecule has 1 atom stereocenters. The molecule has 1 unspecified atom stereocenters. The summed E-state index contributed by atoms with van der Waals surface area (Å²) in [5.41, 5.74) is 2.50. The Labute approximate surface area is 147 Å². The van der Waals surface area contributed by atoms with Crippen molar-refractivity contribution in [3.8, 4) is 0 Å². The molecule has 132 valence electrons. The number of hydrogen-bond donors (Lipinski definition) is 1. The van der Waals surface area contributed by atoms with Crippen molar-refractivity contribution >= 4 is 27.2 Å². The van der Waals surface area contributed by atoms with Crippen molar-refractivity contribution in [1.82, 2.24) is 4.98 Å². The second-order valence-electron chi connectivity index (χ2n) is 6.39. The van der Waals surface area contributed by atoms with Gasteiger partial charge in [0, 0.05) is 18.7 Å². The van der Waals surface area contributed by atoms with Crippen LogP contribution in [0.1, 0.15) is 22.3 Å². The SMILES string of the molecule is Cc1ccc(C(=O)Nc2ccc(N(C)C3CCS(=O)(=O)C3)cn2)cc1. The van der Waals surface area contributed by atoms with Crippen molar-refractivity contribution in [3.05, 3.63) is 53.7 Å². The number of sulfone groups is 1. The van der Waals surface area contributed by atoms with E-state index in [1.807, 2.05) is 37.1 Å². The highest BCUT2D eigenvalue weighted by atomic mass is 32.2. The summed E-state index contributed by atoms with van der Waals surface area (Å²) < 4.78 is 23.2. The summed E-state index contributed by atoms with van der Waals surface area (Å²) in [5.74, 6) is 0.660. The Bertz CT molecular complexity index is 861. The molecule has 0 radical (unpaired) electrons. The van der Waals surface area contributed by atoms with Gasteiger partial charge in [-0.15, -0.1) is 0 Å². The number of aromatic nitrogens is 1. The molecule has 1 fully saturated rings. The van der Waals surface area contributed by atoms with Crippen molar-refractivity contribution in [3.63, 3.8) is 0 Å². The van der Waals surface area contributed by atoms with Crippen LogP contribution in [0, 0.1) is 6.92 Å². The van der Waals surface area contributed by atoms with Crippen LogP contribution in [0.3, 0.4) is 0 Å². The molecule has 1 aromatic carbocycles. The molecule has 1 amide bonds. The minimum absolute atomic E-state index is 0.0280. The lowest BCUT2D eigenvalue weighted by atomic mass is 10.1. The fourth-order valence-electron chi connectivity index (χ4n) is 2.85. The molecular formula is C18H21N3O3S. The molecule has 6 nitrogen and oxygen atoms in total. The number of hydrogen-bond acceptors (Lipinski definition) is 5. The van der Waals surface area contributed by atoms with Crippen LogP contribution in [-0.2, 0) is 9.84 Å². The molecule has 0 spiro atoms. The highest BCUT2D eigenvalue weighted by Crippen LogP contribution is 2.23. The molecule has 1 saturated heterocycles. The first-order chi connectivity index (χ1) is 11.8. The van der Waals surface area contributed by atoms with E-state index in [-0.39, 0.29) is 23.5 Å². The second-order valence-corrected chi connectivity index (χ2v) is 8.62. The van der Waals surface area contributed by atoms with Gasteiger partial charge in [0.2, 0.25) is 0 Å². The number of rotatable bonds is 4. The van der Waals surface area contributed by atoms with Gasteiger partial charge in [-0.1, -0.05) is 17.7 Å². The predicted octanol–water partition coefficient (Wildman–Crippen LogP) is 2.27. The number of amides is 1. The lowest BCUT2D eigenvalue weighted by molar-refractivity contribution is 0.102. The van der Waals surface area contributed by atoms with Crippen LogP contribution in [0.15, 0.2) is 42.6 Å². The zero-order valence-corrected chi connectivity index (χ0v) is 15.1. The number of pyridine rings is 1. The normalized spacial score (nSPS) is 18.7. The fourth-order valence-corrected chi connectivity index (χ4v) is 4.63. The molecule has 2 heterocycles. The minimum atomic E-state index is -2.93. The van der Waals surface area contributed by atoms with Gasteiger partial charge in [0.05, 0.1) is 23.4 Å². The van der Waals surface area contributed by atoms with Gasteiger partial charge in [-0.05, 0) is 37.6 Å². The van der Waals surface area contributed by atoms with E-state index in [0.29, 0.717) is 17.8 Å². The first kappa shape index (κ1) is 17.4. The van der Waals surface area contributed by atoms with Gasteiger partial charge < -0.3 is 10.2 Å². The lowest BCUT2D eigenvalue weighted by Gasteiger charge is -2.25. The summed E-state index contributed by atoms with van der Waals surface area (Å²) in [5, 5.41) is 2.76. The van der Waals surface area contributed by atoms with E-state index in [9.17, 15) is 13.2 Å². The molecule has 1 aliphatic heterocycles. The third-order valence-electron chi connectivity index (χ3n) is 4.47. The van der Waals surface area contributed by atoms with Gasteiger partial charge in [0.25, 0.3) is 5.91 Å². The number of aryl methyl sites for hydroxylation is 1. The Kier molecular flexibility index (Phi) is 4.76. The van der Waals surface area contributed by atoms with E-state index in [1.165, 1.54) is 0 Å². The van der Waals surface area contributed by atoms with E-state index < -0.39 is 9.84 Å². The lowest BCUT2D eigenvalue weighted by Crippen LogP contribution is -2.32. The second kappa shape index (κ2) is 6.84. The van der Waals surface area contributed by atoms with Crippen LogP contribution in [0.2, 0.25) is 0 Å². The molecule has 0 saturated carbocycles. The van der Waals surface area contributed by atoms with Crippen molar-refractivity contribution in [2.24, 2.45) is 0 Å². The maximum Gasteiger partial charge on any atom is 0.256 e. The number of benzene rings is 1. The van der Waals surface area contributed by atoms with E-state index in [4.69, 9.17) is 0 Å². The number of nitrogens with zero attached hydrogens (tertiary/aromatic N) is 2. The number of carbonyl (C=O) groups excluding carboxylic acids is 1. The van der Waals surface area contributed by atoms with Gasteiger partial charge >= 0.3 is 0 Å². The van der Waals surface area contributed by atoms with Crippen LogP contribution >= 0.6 is 0 Å².